The van der Waals surface area contributed by atoms with E-state index in [4.69, 9.17) is 0 Å². The highest BCUT2D eigenvalue weighted by Crippen LogP contribution is 2.46. The zero-order chi connectivity index (χ0) is 14.2. The molecule has 0 spiro atoms. The lowest BCUT2D eigenvalue weighted by molar-refractivity contribution is -0.126. The quantitative estimate of drug-likeness (QED) is 0.508. The first-order chi connectivity index (χ1) is 9.70. The van der Waals surface area contributed by atoms with Crippen LogP contribution < -0.4 is 10.4 Å². The van der Waals surface area contributed by atoms with Gasteiger partial charge in [0.1, 0.15) is 5.41 Å². The maximum atomic E-state index is 12.4. The van der Waals surface area contributed by atoms with Crippen LogP contribution in [-0.2, 0) is 19.6 Å². The van der Waals surface area contributed by atoms with Gasteiger partial charge in [-0.25, -0.2) is 4.57 Å². The van der Waals surface area contributed by atoms with Gasteiger partial charge in [0.2, 0.25) is 11.8 Å². The second-order valence-electron chi connectivity index (χ2n) is 4.97. The molecule has 5 nitrogen and oxygen atoms in total. The minimum Gasteiger partial charge on any atom is -0.305 e. The average Bonchev–Trinajstić information content (AvgIpc) is 2.73. The van der Waals surface area contributed by atoms with Crippen molar-refractivity contribution in [1.29, 1.82) is 0 Å². The van der Waals surface area contributed by atoms with Crippen molar-refractivity contribution in [3.8, 4) is 0 Å². The molecule has 1 aliphatic heterocycles. The van der Waals surface area contributed by atoms with Crippen molar-refractivity contribution in [3.05, 3.63) is 42.0 Å². The highest BCUT2D eigenvalue weighted by Gasteiger charge is 2.56. The first-order valence-electron chi connectivity index (χ1n) is 6.41. The predicted octanol–water partition coefficient (Wildman–Crippen LogP) is 2.17. The third-order valence-corrected chi connectivity index (χ3v) is 4.35. The zero-order valence-corrected chi connectivity index (χ0v) is 11.5. The van der Waals surface area contributed by atoms with Gasteiger partial charge in [0.05, 0.1) is 5.92 Å². The van der Waals surface area contributed by atoms with E-state index in [2.05, 4.69) is 10.4 Å². The van der Waals surface area contributed by atoms with E-state index < -0.39 is 11.3 Å². The Morgan fingerprint density at radius 1 is 1.30 bits per heavy atom. The summed E-state index contributed by atoms with van der Waals surface area (Å²) < 4.78 is 10.8. The zero-order valence-electron chi connectivity index (χ0n) is 10.6. The van der Waals surface area contributed by atoms with Gasteiger partial charge in [0, 0.05) is 5.69 Å². The van der Waals surface area contributed by atoms with E-state index in [1.807, 2.05) is 18.2 Å². The van der Waals surface area contributed by atoms with Crippen LogP contribution in [0.4, 0.5) is 5.69 Å². The number of hydrogen-bond donors (Lipinski definition) is 2. The average molecular weight is 288 g/mol. The van der Waals surface area contributed by atoms with E-state index in [9.17, 15) is 14.2 Å². The number of fused-ring (bicyclic) bond motifs is 1. The second-order valence-corrected chi connectivity index (χ2v) is 5.37. The number of imide groups is 1. The van der Waals surface area contributed by atoms with E-state index in [1.165, 1.54) is 0 Å². The highest BCUT2D eigenvalue weighted by atomic mass is 31.1. The van der Waals surface area contributed by atoms with Crippen LogP contribution in [0.15, 0.2) is 36.4 Å². The Bertz CT molecular complexity index is 629. The minimum absolute atomic E-state index is 0.228. The number of amides is 2. The molecule has 1 saturated heterocycles. The molecule has 0 bridgehead atoms. The van der Waals surface area contributed by atoms with Crippen LogP contribution in [0.2, 0.25) is 0 Å². The molecule has 2 amide bonds. The molecule has 1 fully saturated rings. The van der Waals surface area contributed by atoms with Crippen LogP contribution in [0.3, 0.4) is 0 Å². The number of carbonyl (C=O) groups excluding carboxylic acids is 2. The number of anilines is 1. The summed E-state index contributed by atoms with van der Waals surface area (Å²) in [6.07, 6.45) is 5.16. The van der Waals surface area contributed by atoms with Crippen molar-refractivity contribution in [1.82, 2.24) is 5.32 Å². The normalized spacial score (nSPS) is 28.3. The molecule has 1 aliphatic carbocycles. The minimum atomic E-state index is -0.983. The summed E-state index contributed by atoms with van der Waals surface area (Å²) >= 11 is 0. The Kier molecular flexibility index (Phi) is 3.14. The fourth-order valence-corrected chi connectivity index (χ4v) is 3.43. The topological polar surface area (TPSA) is 75.3 Å². The monoisotopic (exact) mass is 288 g/mol. The first-order valence-corrected chi connectivity index (χ1v) is 7.22. The Balaban J connectivity index is 2.22. The van der Waals surface area contributed by atoms with Gasteiger partial charge in [-0.1, -0.05) is 30.4 Å². The molecule has 2 atom stereocenters. The molecular weight excluding hydrogens is 275 g/mol. The molecule has 2 N–H and O–H groups in total. The maximum Gasteiger partial charge on any atom is 0.279 e. The predicted molar refractivity (Wildman–Crippen MR) is 74.4 cm³/mol. The van der Waals surface area contributed by atoms with Gasteiger partial charge >= 0.3 is 0 Å². The van der Waals surface area contributed by atoms with Crippen LogP contribution >= 0.6 is 8.61 Å². The van der Waals surface area contributed by atoms with E-state index in [1.54, 1.807) is 18.2 Å². The Hall–Kier alpha value is -2.00. The summed E-state index contributed by atoms with van der Waals surface area (Å²) in [5, 5.41) is 5.14. The fourth-order valence-electron chi connectivity index (χ4n) is 3.14. The second kappa shape index (κ2) is 4.84. The standard InChI is InChI=1S/C14H13N2O3P/c17-12-10-6-3-4-8-14(10,13(18)15-12)9-5-1-2-7-11(9)16-20-19/h1-2,4-5,7-8,10H,3,6H2,(H,16,19)(H,15,17,18). The summed E-state index contributed by atoms with van der Waals surface area (Å²) in [4.78, 5) is 24.4. The number of rotatable bonds is 3. The molecule has 1 aromatic rings. The molecule has 6 heteroatoms. The number of benzene rings is 1. The Morgan fingerprint density at radius 3 is 2.90 bits per heavy atom. The molecular formula is C14H13N2O3P. The summed E-state index contributed by atoms with van der Waals surface area (Å²) in [5.74, 6) is -0.930. The summed E-state index contributed by atoms with van der Waals surface area (Å²) in [7, 11) is -0.242. The summed E-state index contributed by atoms with van der Waals surface area (Å²) in [6.45, 7) is 0. The van der Waals surface area contributed by atoms with Crippen molar-refractivity contribution < 1.29 is 14.2 Å². The number of para-hydroxylation sites is 1. The van der Waals surface area contributed by atoms with Crippen molar-refractivity contribution in [3.63, 3.8) is 0 Å². The van der Waals surface area contributed by atoms with E-state index >= 15 is 0 Å². The molecule has 2 aliphatic rings. The van der Waals surface area contributed by atoms with Gasteiger partial charge in [-0.05, 0) is 24.5 Å². The van der Waals surface area contributed by atoms with Crippen molar-refractivity contribution >= 4 is 26.1 Å². The molecule has 0 radical (unpaired) electrons. The van der Waals surface area contributed by atoms with E-state index in [0.29, 0.717) is 17.7 Å². The SMILES string of the molecule is O=PNc1ccccc1C12C=CCCC1C(=O)NC2=O. The molecule has 0 aromatic heterocycles. The summed E-state index contributed by atoms with van der Waals surface area (Å²) in [6, 6.07) is 7.16. The lowest BCUT2D eigenvalue weighted by atomic mass is 9.67. The van der Waals surface area contributed by atoms with Gasteiger partial charge in [0.25, 0.3) is 8.61 Å². The largest absolute Gasteiger partial charge is 0.305 e. The number of carbonyl (C=O) groups is 2. The van der Waals surface area contributed by atoms with Gasteiger partial charge < -0.3 is 5.09 Å². The van der Waals surface area contributed by atoms with E-state index in [-0.39, 0.29) is 20.4 Å². The third kappa shape index (κ3) is 1.70. The lowest BCUT2D eigenvalue weighted by Crippen LogP contribution is -2.39. The number of hydrogen-bond acceptors (Lipinski definition) is 3. The maximum absolute atomic E-state index is 12.4. The van der Waals surface area contributed by atoms with E-state index in [0.717, 1.165) is 6.42 Å². The van der Waals surface area contributed by atoms with Crippen LogP contribution in [0.1, 0.15) is 18.4 Å². The highest BCUT2D eigenvalue weighted by molar-refractivity contribution is 7.25. The molecule has 0 saturated carbocycles. The van der Waals surface area contributed by atoms with Crippen LogP contribution in [-0.4, -0.2) is 11.8 Å². The molecule has 1 aromatic carbocycles. The number of allylic oxidation sites excluding steroid dienone is 1. The fraction of sp³-hybridized carbons (Fsp3) is 0.286. The van der Waals surface area contributed by atoms with Gasteiger partial charge in [-0.15, -0.1) is 0 Å². The summed E-state index contributed by atoms with van der Waals surface area (Å²) in [5.41, 5.74) is 0.307. The Labute approximate surface area is 117 Å². The first kappa shape index (κ1) is 13.0. The molecule has 3 rings (SSSR count). The van der Waals surface area contributed by atoms with Crippen LogP contribution in [0.5, 0.6) is 0 Å². The molecule has 2 unspecified atom stereocenters. The van der Waals surface area contributed by atoms with Crippen molar-refractivity contribution in [2.75, 3.05) is 5.09 Å². The van der Waals surface area contributed by atoms with Crippen molar-refractivity contribution in [2.45, 2.75) is 18.3 Å². The molecule has 102 valence electrons. The van der Waals surface area contributed by atoms with Gasteiger partial charge in [-0.2, -0.15) is 0 Å². The van der Waals surface area contributed by atoms with Gasteiger partial charge in [-0.3, -0.25) is 14.9 Å². The smallest absolute Gasteiger partial charge is 0.279 e. The molecule has 1 heterocycles. The number of nitrogens with one attached hydrogen (secondary N) is 2. The van der Waals surface area contributed by atoms with Crippen molar-refractivity contribution in [2.24, 2.45) is 5.92 Å². The lowest BCUT2D eigenvalue weighted by Gasteiger charge is -2.32. The van der Waals surface area contributed by atoms with Crippen LogP contribution in [0, 0.1) is 5.92 Å². The Morgan fingerprint density at radius 2 is 2.10 bits per heavy atom. The molecule has 20 heavy (non-hydrogen) atoms. The third-order valence-electron chi connectivity index (χ3n) is 4.02. The van der Waals surface area contributed by atoms with Gasteiger partial charge in [0.15, 0.2) is 0 Å². The van der Waals surface area contributed by atoms with Crippen LogP contribution in [0.25, 0.3) is 0 Å².